The summed E-state index contributed by atoms with van der Waals surface area (Å²) in [6.07, 6.45) is 12.1. The van der Waals surface area contributed by atoms with Gasteiger partial charge in [0.15, 0.2) is 5.78 Å². The molecule has 2 heteroatoms. The van der Waals surface area contributed by atoms with Gasteiger partial charge in [-0.3, -0.25) is 4.79 Å². The van der Waals surface area contributed by atoms with Crippen molar-refractivity contribution in [2.75, 3.05) is 7.11 Å². The molecular formula is C17H30O2. The molecule has 0 N–H and O–H groups in total. The van der Waals surface area contributed by atoms with Crippen molar-refractivity contribution in [1.29, 1.82) is 0 Å². The summed E-state index contributed by atoms with van der Waals surface area (Å²) in [4.78, 5) is 12.7. The van der Waals surface area contributed by atoms with Crippen LogP contribution in [0.1, 0.15) is 71.1 Å². The molecule has 0 aliphatic heterocycles. The average molecular weight is 266 g/mol. The van der Waals surface area contributed by atoms with Crippen molar-refractivity contribution in [3.63, 3.8) is 0 Å². The predicted molar refractivity (Wildman–Crippen MR) is 78.1 cm³/mol. The standard InChI is InChI=1S/C17H30O2/c1-3-13-9-11-14(12-10-13)16(18)17(19-2)15-7-5-4-6-8-15/h13-15,17H,3-12H2,1-2H3. The molecule has 2 aliphatic rings. The highest BCUT2D eigenvalue weighted by Gasteiger charge is 2.35. The molecule has 2 fully saturated rings. The highest BCUT2D eigenvalue weighted by Crippen LogP contribution is 2.35. The summed E-state index contributed by atoms with van der Waals surface area (Å²) in [6, 6.07) is 0. The van der Waals surface area contributed by atoms with Gasteiger partial charge in [-0.05, 0) is 50.4 Å². The average Bonchev–Trinajstić information content (AvgIpc) is 2.49. The molecule has 0 heterocycles. The van der Waals surface area contributed by atoms with E-state index >= 15 is 0 Å². The summed E-state index contributed by atoms with van der Waals surface area (Å²) in [5.74, 6) is 2.06. The number of carbonyl (C=O) groups excluding carboxylic acids is 1. The van der Waals surface area contributed by atoms with Crippen LogP contribution < -0.4 is 0 Å². The number of rotatable bonds is 5. The minimum absolute atomic E-state index is 0.108. The van der Waals surface area contributed by atoms with Gasteiger partial charge in [-0.25, -0.2) is 0 Å². The van der Waals surface area contributed by atoms with Gasteiger partial charge in [-0.2, -0.15) is 0 Å². The molecule has 2 saturated carbocycles. The first-order valence-corrected chi connectivity index (χ1v) is 8.32. The van der Waals surface area contributed by atoms with E-state index in [0.717, 1.165) is 18.8 Å². The molecule has 0 aromatic carbocycles. The number of ether oxygens (including phenoxy) is 1. The van der Waals surface area contributed by atoms with E-state index in [2.05, 4.69) is 6.92 Å². The van der Waals surface area contributed by atoms with E-state index in [-0.39, 0.29) is 12.0 Å². The molecule has 0 radical (unpaired) electrons. The van der Waals surface area contributed by atoms with Crippen LogP contribution in [0.2, 0.25) is 0 Å². The SMILES string of the molecule is CCC1CCC(C(=O)C(OC)C2CCCCC2)CC1. The van der Waals surface area contributed by atoms with E-state index in [1.165, 1.54) is 51.4 Å². The molecule has 0 aromatic rings. The van der Waals surface area contributed by atoms with E-state index in [9.17, 15) is 4.79 Å². The minimum Gasteiger partial charge on any atom is -0.373 e. The van der Waals surface area contributed by atoms with E-state index in [4.69, 9.17) is 4.74 Å². The van der Waals surface area contributed by atoms with Gasteiger partial charge in [0, 0.05) is 13.0 Å². The lowest BCUT2D eigenvalue weighted by Crippen LogP contribution is -2.38. The second-order valence-electron chi connectivity index (χ2n) is 6.58. The van der Waals surface area contributed by atoms with Gasteiger partial charge >= 0.3 is 0 Å². The smallest absolute Gasteiger partial charge is 0.164 e. The maximum atomic E-state index is 12.7. The largest absolute Gasteiger partial charge is 0.373 e. The Bertz CT molecular complexity index is 273. The number of methoxy groups -OCH3 is 1. The lowest BCUT2D eigenvalue weighted by Gasteiger charge is -2.33. The van der Waals surface area contributed by atoms with Crippen LogP contribution in [-0.2, 0) is 9.53 Å². The van der Waals surface area contributed by atoms with Crippen LogP contribution in [0.5, 0.6) is 0 Å². The first-order chi connectivity index (χ1) is 9.26. The first kappa shape index (κ1) is 15.0. The van der Waals surface area contributed by atoms with Gasteiger partial charge in [0.25, 0.3) is 0 Å². The summed E-state index contributed by atoms with van der Waals surface area (Å²) in [6.45, 7) is 2.27. The second kappa shape index (κ2) is 7.42. The van der Waals surface area contributed by atoms with Crippen molar-refractivity contribution >= 4 is 5.78 Å². The second-order valence-corrected chi connectivity index (χ2v) is 6.58. The van der Waals surface area contributed by atoms with E-state index in [1.807, 2.05) is 0 Å². The predicted octanol–water partition coefficient (Wildman–Crippen LogP) is 4.37. The quantitative estimate of drug-likeness (QED) is 0.738. The Kier molecular flexibility index (Phi) is 5.87. The fourth-order valence-corrected chi connectivity index (χ4v) is 4.07. The van der Waals surface area contributed by atoms with Crippen molar-refractivity contribution in [1.82, 2.24) is 0 Å². The van der Waals surface area contributed by atoms with Gasteiger partial charge < -0.3 is 4.74 Å². The first-order valence-electron chi connectivity index (χ1n) is 8.32. The summed E-state index contributed by atoms with van der Waals surface area (Å²) in [7, 11) is 1.73. The Hall–Kier alpha value is -0.370. The van der Waals surface area contributed by atoms with Crippen LogP contribution >= 0.6 is 0 Å². The maximum Gasteiger partial charge on any atom is 0.164 e. The maximum absolute atomic E-state index is 12.7. The molecule has 1 unspecified atom stereocenters. The summed E-state index contributed by atoms with van der Waals surface area (Å²) >= 11 is 0. The number of ketones is 1. The van der Waals surface area contributed by atoms with Crippen molar-refractivity contribution in [3.05, 3.63) is 0 Å². The zero-order chi connectivity index (χ0) is 13.7. The van der Waals surface area contributed by atoms with Gasteiger partial charge in [-0.15, -0.1) is 0 Å². The lowest BCUT2D eigenvalue weighted by molar-refractivity contribution is -0.138. The molecule has 110 valence electrons. The molecule has 19 heavy (non-hydrogen) atoms. The van der Waals surface area contributed by atoms with Crippen molar-refractivity contribution in [2.45, 2.75) is 77.2 Å². The van der Waals surface area contributed by atoms with Gasteiger partial charge in [0.05, 0.1) is 0 Å². The third kappa shape index (κ3) is 3.81. The molecule has 2 rings (SSSR count). The summed E-state index contributed by atoms with van der Waals surface area (Å²) in [5.41, 5.74) is 0. The minimum atomic E-state index is -0.108. The van der Waals surface area contributed by atoms with Crippen molar-refractivity contribution in [2.24, 2.45) is 17.8 Å². The third-order valence-corrected chi connectivity index (χ3v) is 5.44. The molecule has 0 saturated heterocycles. The van der Waals surface area contributed by atoms with Gasteiger partial charge in [0.2, 0.25) is 0 Å². The summed E-state index contributed by atoms with van der Waals surface area (Å²) in [5, 5.41) is 0. The van der Waals surface area contributed by atoms with E-state index < -0.39 is 0 Å². The van der Waals surface area contributed by atoms with Crippen LogP contribution in [0, 0.1) is 17.8 Å². The van der Waals surface area contributed by atoms with E-state index in [0.29, 0.717) is 11.7 Å². The lowest BCUT2D eigenvalue weighted by atomic mass is 9.74. The number of Topliss-reactive ketones (excluding diaryl/α,β-unsaturated/α-hetero) is 1. The molecule has 1 atom stereocenters. The zero-order valence-corrected chi connectivity index (χ0v) is 12.7. The van der Waals surface area contributed by atoms with Crippen LogP contribution in [0.25, 0.3) is 0 Å². The fraction of sp³-hybridized carbons (Fsp3) is 0.941. The van der Waals surface area contributed by atoms with Crippen LogP contribution in [0.4, 0.5) is 0 Å². The Morgan fingerprint density at radius 1 is 1.05 bits per heavy atom. The van der Waals surface area contributed by atoms with E-state index in [1.54, 1.807) is 7.11 Å². The molecule has 2 nitrogen and oxygen atoms in total. The van der Waals surface area contributed by atoms with Crippen molar-refractivity contribution in [3.8, 4) is 0 Å². The molecule has 0 spiro atoms. The summed E-state index contributed by atoms with van der Waals surface area (Å²) < 4.78 is 5.61. The third-order valence-electron chi connectivity index (χ3n) is 5.44. The molecular weight excluding hydrogens is 236 g/mol. The van der Waals surface area contributed by atoms with Crippen LogP contribution in [-0.4, -0.2) is 19.0 Å². The van der Waals surface area contributed by atoms with Crippen LogP contribution in [0.15, 0.2) is 0 Å². The Morgan fingerprint density at radius 3 is 2.21 bits per heavy atom. The van der Waals surface area contributed by atoms with Crippen molar-refractivity contribution < 1.29 is 9.53 Å². The van der Waals surface area contributed by atoms with Gasteiger partial charge in [0.1, 0.15) is 6.10 Å². The Balaban J connectivity index is 1.89. The zero-order valence-electron chi connectivity index (χ0n) is 12.7. The topological polar surface area (TPSA) is 26.3 Å². The number of hydrogen-bond acceptors (Lipinski definition) is 2. The normalized spacial score (nSPS) is 31.1. The fourth-order valence-electron chi connectivity index (χ4n) is 4.07. The van der Waals surface area contributed by atoms with Crippen LogP contribution in [0.3, 0.4) is 0 Å². The monoisotopic (exact) mass is 266 g/mol. The number of carbonyl (C=O) groups is 1. The Morgan fingerprint density at radius 2 is 1.68 bits per heavy atom. The highest BCUT2D eigenvalue weighted by atomic mass is 16.5. The number of hydrogen-bond donors (Lipinski definition) is 0. The molecule has 2 aliphatic carbocycles. The Labute approximate surface area is 118 Å². The molecule has 0 aromatic heterocycles. The highest BCUT2D eigenvalue weighted by molar-refractivity contribution is 5.85. The molecule has 0 amide bonds. The molecule has 0 bridgehead atoms. The van der Waals surface area contributed by atoms with Gasteiger partial charge in [-0.1, -0.05) is 32.6 Å².